The van der Waals surface area contributed by atoms with Gasteiger partial charge in [-0.3, -0.25) is 10.1 Å². The molecule has 2 aromatic rings. The average molecular weight is 573 g/mol. The molecule has 2 heterocycles. The molecule has 1 aromatic carbocycles. The summed E-state index contributed by atoms with van der Waals surface area (Å²) in [7, 11) is 6.49. The van der Waals surface area contributed by atoms with E-state index in [1.54, 1.807) is 17.4 Å². The van der Waals surface area contributed by atoms with E-state index in [-0.39, 0.29) is 17.0 Å². The summed E-state index contributed by atoms with van der Waals surface area (Å²) in [5, 5.41) is 11.5. The molecule has 1 atom stereocenters. The van der Waals surface area contributed by atoms with Crippen molar-refractivity contribution in [3.63, 3.8) is 0 Å². The lowest BCUT2D eigenvalue weighted by Gasteiger charge is -2.34. The topological polar surface area (TPSA) is 119 Å². The van der Waals surface area contributed by atoms with Crippen molar-refractivity contribution in [2.75, 3.05) is 41.5 Å². The van der Waals surface area contributed by atoms with Gasteiger partial charge in [0, 0.05) is 31.6 Å². The maximum atomic E-state index is 13.2. The van der Waals surface area contributed by atoms with E-state index in [0.717, 1.165) is 19.4 Å². The molecule has 1 aliphatic carbocycles. The van der Waals surface area contributed by atoms with Crippen molar-refractivity contribution in [3.05, 3.63) is 45.9 Å². The van der Waals surface area contributed by atoms with Crippen molar-refractivity contribution in [2.24, 2.45) is 4.99 Å². The van der Waals surface area contributed by atoms with Gasteiger partial charge in [0.25, 0.3) is 11.1 Å². The molecule has 0 radical (unpaired) electrons. The Morgan fingerprint density at radius 1 is 1.15 bits per heavy atom. The predicted molar refractivity (Wildman–Crippen MR) is 155 cm³/mol. The zero-order valence-corrected chi connectivity index (χ0v) is 25.3. The molecule has 0 spiro atoms. The lowest BCUT2D eigenvalue weighted by molar-refractivity contribution is 0.0927. The molecule has 0 saturated carbocycles. The summed E-state index contributed by atoms with van der Waals surface area (Å²) in [5.41, 5.74) is 3.09. The first-order valence-electron chi connectivity index (χ1n) is 13.3. The van der Waals surface area contributed by atoms with Gasteiger partial charge in [-0.1, -0.05) is 39.0 Å². The molecule has 218 valence electrons. The monoisotopic (exact) mass is 572 g/mol. The van der Waals surface area contributed by atoms with Crippen molar-refractivity contribution >= 4 is 23.1 Å². The Morgan fingerprint density at radius 2 is 1.93 bits per heavy atom. The number of aryl methyl sites for hydroxylation is 1. The number of methoxy groups -OCH3 is 3. The third kappa shape index (κ3) is 6.34. The van der Waals surface area contributed by atoms with E-state index in [2.05, 4.69) is 53.6 Å². The number of carbonyl (C=O) groups excluding carboxylic acids is 1. The number of nitrogens with zero attached hydrogens (tertiary/aromatic N) is 3. The zero-order chi connectivity index (χ0) is 29.0. The van der Waals surface area contributed by atoms with Crippen molar-refractivity contribution in [2.45, 2.75) is 58.3 Å². The predicted octanol–water partition coefficient (Wildman–Crippen LogP) is 3.57. The lowest BCUT2D eigenvalue weighted by atomic mass is 9.86. The second-order valence-corrected chi connectivity index (χ2v) is 11.5. The maximum absolute atomic E-state index is 13.2. The number of hydrogen-bond acceptors (Lipinski definition) is 11. The molecule has 1 amide bonds. The van der Waals surface area contributed by atoms with E-state index in [4.69, 9.17) is 18.9 Å². The van der Waals surface area contributed by atoms with Gasteiger partial charge in [-0.2, -0.15) is 4.98 Å². The minimum absolute atomic E-state index is 0.0632. The van der Waals surface area contributed by atoms with Crippen LogP contribution in [-0.2, 0) is 21.3 Å². The number of thiazole rings is 1. The number of aliphatic imine (C=N–C) groups is 1. The number of ether oxygens (including phenoxy) is 4. The summed E-state index contributed by atoms with van der Waals surface area (Å²) >= 11 is 1.23. The van der Waals surface area contributed by atoms with Crippen LogP contribution in [0.5, 0.6) is 16.7 Å². The van der Waals surface area contributed by atoms with Gasteiger partial charge in [-0.25, -0.2) is 4.99 Å². The van der Waals surface area contributed by atoms with Gasteiger partial charge in [-0.05, 0) is 41.5 Å². The quantitative estimate of drug-likeness (QED) is 0.347. The summed E-state index contributed by atoms with van der Waals surface area (Å²) in [6.45, 7) is 10.1. The van der Waals surface area contributed by atoms with Crippen LogP contribution in [0.15, 0.2) is 34.1 Å². The Kier molecular flexibility index (Phi) is 9.22. The second-order valence-electron chi connectivity index (χ2n) is 10.7. The Labute approximate surface area is 240 Å². The van der Waals surface area contributed by atoms with Crippen molar-refractivity contribution in [3.8, 4) is 16.7 Å². The highest BCUT2D eigenvalue weighted by molar-refractivity contribution is 7.11. The molecule has 11 nitrogen and oxygen atoms in total. The number of carbonyl (C=O) groups is 1. The molecule has 1 aromatic heterocycles. The molecular weight excluding hydrogens is 532 g/mol. The number of nitrogens with one attached hydrogen (secondary N) is 3. The van der Waals surface area contributed by atoms with E-state index in [9.17, 15) is 4.79 Å². The number of aromatic nitrogens is 1. The zero-order valence-electron chi connectivity index (χ0n) is 24.5. The first-order chi connectivity index (χ1) is 19.1. The van der Waals surface area contributed by atoms with Crippen molar-refractivity contribution in [1.82, 2.24) is 25.8 Å². The van der Waals surface area contributed by atoms with Crippen LogP contribution in [0.25, 0.3) is 0 Å². The van der Waals surface area contributed by atoms with Crippen LogP contribution in [0.2, 0.25) is 0 Å². The second kappa shape index (κ2) is 12.4. The maximum Gasteiger partial charge on any atom is 0.279 e. The largest absolute Gasteiger partial charge is 0.493 e. The average Bonchev–Trinajstić information content (AvgIpc) is 3.51. The Balaban J connectivity index is 1.48. The van der Waals surface area contributed by atoms with E-state index in [1.807, 2.05) is 19.2 Å². The number of amides is 1. The van der Waals surface area contributed by atoms with Gasteiger partial charge in [0.05, 0.1) is 21.3 Å². The standard InChI is InChI=1S/C28H40N6O5S/c1-16(2)29-11-12-30-26-33-24(37-7)22(25(38-8)34(26)5)32-23(35)19-15-40-27(31-19)39-21-14-18-17(13-20(21)36-6)9-10-28(18,3)4/h13-16,26,29-30H,9-12H2,1-8H3,(H,32,35). The number of rotatable bonds is 11. The SMILES string of the molecule is COC1=NC(NCCNC(C)C)N(C)C(OC)=C1NC(=O)c1csc(Oc2cc3c(cc2OC)CCC3(C)C)n1. The molecule has 1 unspecified atom stereocenters. The molecule has 4 rings (SSSR count). The van der Waals surface area contributed by atoms with Gasteiger partial charge in [-0.15, -0.1) is 0 Å². The fraction of sp³-hybridized carbons (Fsp3) is 0.536. The highest BCUT2D eigenvalue weighted by atomic mass is 32.1. The fourth-order valence-corrected chi connectivity index (χ4v) is 5.49. The van der Waals surface area contributed by atoms with Crippen LogP contribution in [0, 0.1) is 0 Å². The van der Waals surface area contributed by atoms with Crippen molar-refractivity contribution < 1.29 is 23.7 Å². The third-order valence-electron chi connectivity index (χ3n) is 7.04. The van der Waals surface area contributed by atoms with Gasteiger partial charge >= 0.3 is 0 Å². The summed E-state index contributed by atoms with van der Waals surface area (Å²) in [5.74, 6) is 1.43. The molecule has 0 bridgehead atoms. The van der Waals surface area contributed by atoms with Gasteiger partial charge in [0.15, 0.2) is 23.5 Å². The van der Waals surface area contributed by atoms with E-state index >= 15 is 0 Å². The Hall–Kier alpha value is -3.35. The molecular formula is C28H40N6O5S. The molecule has 40 heavy (non-hydrogen) atoms. The number of hydrogen-bond donors (Lipinski definition) is 3. The number of fused-ring (bicyclic) bond motifs is 1. The molecule has 0 fully saturated rings. The minimum Gasteiger partial charge on any atom is -0.493 e. The number of benzene rings is 1. The van der Waals surface area contributed by atoms with Crippen molar-refractivity contribution in [1.29, 1.82) is 0 Å². The van der Waals surface area contributed by atoms with Crippen LogP contribution < -0.4 is 25.4 Å². The van der Waals surface area contributed by atoms with E-state index < -0.39 is 12.2 Å². The Bertz CT molecular complexity index is 1290. The fourth-order valence-electron chi connectivity index (χ4n) is 4.83. The van der Waals surface area contributed by atoms with Crippen LogP contribution in [0.1, 0.15) is 55.7 Å². The normalized spacial score (nSPS) is 18.0. The van der Waals surface area contributed by atoms with Gasteiger partial charge in [0.1, 0.15) is 5.69 Å². The molecule has 0 saturated heterocycles. The van der Waals surface area contributed by atoms with Gasteiger partial charge < -0.3 is 34.5 Å². The minimum atomic E-state index is -0.441. The van der Waals surface area contributed by atoms with Crippen LogP contribution in [0.3, 0.4) is 0 Å². The van der Waals surface area contributed by atoms with Gasteiger partial charge in [0.2, 0.25) is 11.8 Å². The highest BCUT2D eigenvalue weighted by Gasteiger charge is 2.33. The summed E-state index contributed by atoms with van der Waals surface area (Å²) in [4.78, 5) is 24.1. The first-order valence-corrected chi connectivity index (χ1v) is 14.2. The third-order valence-corrected chi connectivity index (χ3v) is 7.75. The summed E-state index contributed by atoms with van der Waals surface area (Å²) in [6.07, 6.45) is 1.66. The first kappa shape index (κ1) is 29.6. The summed E-state index contributed by atoms with van der Waals surface area (Å²) < 4.78 is 22.9. The molecule has 3 N–H and O–H groups in total. The van der Waals surface area contributed by atoms with Crippen LogP contribution in [-0.4, -0.2) is 75.5 Å². The Morgan fingerprint density at radius 3 is 2.60 bits per heavy atom. The summed E-state index contributed by atoms with van der Waals surface area (Å²) in [6, 6.07) is 4.45. The van der Waals surface area contributed by atoms with E-state index in [1.165, 1.54) is 36.7 Å². The smallest absolute Gasteiger partial charge is 0.279 e. The van der Waals surface area contributed by atoms with E-state index in [0.29, 0.717) is 40.9 Å². The van der Waals surface area contributed by atoms with Crippen LogP contribution >= 0.6 is 11.3 Å². The lowest BCUT2D eigenvalue weighted by Crippen LogP contribution is -2.50. The molecule has 1 aliphatic heterocycles. The molecule has 12 heteroatoms. The highest BCUT2D eigenvalue weighted by Crippen LogP contribution is 2.45. The molecule has 2 aliphatic rings. The van der Waals surface area contributed by atoms with Crippen LogP contribution in [0.4, 0.5) is 0 Å².